The zero-order valence-electron chi connectivity index (χ0n) is 12.8. The number of hydrogen-bond acceptors (Lipinski definition) is 1. The average Bonchev–Trinajstić information content (AvgIpc) is 2.52. The molecule has 2 aromatic carbocycles. The molecule has 0 saturated carbocycles. The first-order valence-electron chi connectivity index (χ1n) is 7.47. The molecule has 2 rings (SSSR count). The molecule has 1 nitrogen and oxygen atoms in total. The Labute approximate surface area is 127 Å². The van der Waals surface area contributed by atoms with E-state index in [2.05, 4.69) is 38.1 Å². The standard InChI is InChI=1S/C20H22O/c1-16-8-12-19(13-9-16)17(2)10-14-20(21)15-11-18-6-4-3-5-7-18/h3-9,11-13,15,17H,10,14H2,1-2H3/t17-/m1/s1. The first-order valence-corrected chi connectivity index (χ1v) is 7.47. The number of aryl methyl sites for hydroxylation is 1. The van der Waals surface area contributed by atoms with Gasteiger partial charge in [0, 0.05) is 6.42 Å². The molecule has 0 saturated heterocycles. The summed E-state index contributed by atoms with van der Waals surface area (Å²) in [5.74, 6) is 0.609. The first-order chi connectivity index (χ1) is 10.1. The molecule has 2 aromatic rings. The van der Waals surface area contributed by atoms with E-state index in [1.807, 2.05) is 36.4 Å². The minimum Gasteiger partial charge on any atom is -0.295 e. The van der Waals surface area contributed by atoms with E-state index in [4.69, 9.17) is 0 Å². The summed E-state index contributed by atoms with van der Waals surface area (Å²) in [4.78, 5) is 11.9. The third-order valence-corrected chi connectivity index (χ3v) is 3.73. The van der Waals surface area contributed by atoms with Crippen LogP contribution in [0, 0.1) is 6.92 Å². The van der Waals surface area contributed by atoms with Crippen LogP contribution >= 0.6 is 0 Å². The molecule has 0 aliphatic carbocycles. The van der Waals surface area contributed by atoms with E-state index in [1.54, 1.807) is 6.08 Å². The fourth-order valence-electron chi connectivity index (χ4n) is 2.26. The third kappa shape index (κ3) is 5.03. The van der Waals surface area contributed by atoms with Gasteiger partial charge in [0.25, 0.3) is 0 Å². The van der Waals surface area contributed by atoms with Gasteiger partial charge in [-0.2, -0.15) is 0 Å². The molecule has 0 radical (unpaired) electrons. The van der Waals surface area contributed by atoms with Gasteiger partial charge in [-0.15, -0.1) is 0 Å². The maximum atomic E-state index is 11.9. The molecule has 0 aliphatic heterocycles. The van der Waals surface area contributed by atoms with Crippen LogP contribution in [-0.4, -0.2) is 5.78 Å². The van der Waals surface area contributed by atoms with E-state index in [1.165, 1.54) is 11.1 Å². The van der Waals surface area contributed by atoms with Gasteiger partial charge in [0.1, 0.15) is 0 Å². The van der Waals surface area contributed by atoms with Crippen molar-refractivity contribution in [2.24, 2.45) is 0 Å². The Bertz CT molecular complexity index is 593. The lowest BCUT2D eigenvalue weighted by Crippen LogP contribution is -1.99. The van der Waals surface area contributed by atoms with Crippen molar-refractivity contribution in [3.8, 4) is 0 Å². The number of rotatable bonds is 6. The normalized spacial score (nSPS) is 12.5. The molecular weight excluding hydrogens is 256 g/mol. The summed E-state index contributed by atoms with van der Waals surface area (Å²) in [7, 11) is 0. The minimum absolute atomic E-state index is 0.192. The second-order valence-electron chi connectivity index (χ2n) is 5.56. The van der Waals surface area contributed by atoms with Crippen LogP contribution in [0.3, 0.4) is 0 Å². The summed E-state index contributed by atoms with van der Waals surface area (Å²) in [6.45, 7) is 4.27. The molecule has 0 bridgehead atoms. The van der Waals surface area contributed by atoms with Gasteiger partial charge >= 0.3 is 0 Å². The van der Waals surface area contributed by atoms with Crippen molar-refractivity contribution in [3.63, 3.8) is 0 Å². The van der Waals surface area contributed by atoms with Gasteiger partial charge in [-0.1, -0.05) is 73.2 Å². The molecule has 0 heterocycles. The Kier molecular flexibility index (Phi) is 5.51. The monoisotopic (exact) mass is 278 g/mol. The van der Waals surface area contributed by atoms with E-state index < -0.39 is 0 Å². The van der Waals surface area contributed by atoms with Crippen LogP contribution in [-0.2, 0) is 4.79 Å². The molecule has 0 N–H and O–H groups in total. The molecule has 0 unspecified atom stereocenters. The number of benzene rings is 2. The second kappa shape index (κ2) is 7.58. The summed E-state index contributed by atoms with van der Waals surface area (Å²) in [5, 5.41) is 0. The summed E-state index contributed by atoms with van der Waals surface area (Å²) in [6, 6.07) is 18.5. The predicted molar refractivity (Wildman–Crippen MR) is 89.3 cm³/mol. The van der Waals surface area contributed by atoms with Crippen LogP contribution in [0.25, 0.3) is 6.08 Å². The zero-order valence-corrected chi connectivity index (χ0v) is 12.8. The minimum atomic E-state index is 0.192. The molecule has 1 atom stereocenters. The molecular formula is C20H22O. The van der Waals surface area contributed by atoms with E-state index >= 15 is 0 Å². The highest BCUT2D eigenvalue weighted by molar-refractivity contribution is 5.93. The molecule has 0 spiro atoms. The fourth-order valence-corrected chi connectivity index (χ4v) is 2.26. The molecule has 1 heteroatoms. The van der Waals surface area contributed by atoms with Crippen molar-refractivity contribution in [3.05, 3.63) is 77.4 Å². The molecule has 21 heavy (non-hydrogen) atoms. The van der Waals surface area contributed by atoms with Gasteiger partial charge in [-0.3, -0.25) is 4.79 Å². The average molecular weight is 278 g/mol. The van der Waals surface area contributed by atoms with Gasteiger partial charge < -0.3 is 0 Å². The van der Waals surface area contributed by atoms with Crippen molar-refractivity contribution >= 4 is 11.9 Å². The third-order valence-electron chi connectivity index (χ3n) is 3.73. The zero-order chi connectivity index (χ0) is 15.1. The topological polar surface area (TPSA) is 17.1 Å². The Morgan fingerprint density at radius 1 is 1.05 bits per heavy atom. The molecule has 0 amide bonds. The maximum Gasteiger partial charge on any atom is 0.155 e. The Balaban J connectivity index is 1.83. The smallest absolute Gasteiger partial charge is 0.155 e. The summed E-state index contributed by atoms with van der Waals surface area (Å²) in [5.41, 5.74) is 3.64. The molecule has 108 valence electrons. The van der Waals surface area contributed by atoms with Crippen molar-refractivity contribution in [2.75, 3.05) is 0 Å². The largest absolute Gasteiger partial charge is 0.295 e. The number of carbonyl (C=O) groups excluding carboxylic acids is 1. The van der Waals surface area contributed by atoms with Crippen LogP contribution in [0.4, 0.5) is 0 Å². The fraction of sp³-hybridized carbons (Fsp3) is 0.250. The number of hydrogen-bond donors (Lipinski definition) is 0. The summed E-state index contributed by atoms with van der Waals surface area (Å²) in [6.07, 6.45) is 5.06. The number of ketones is 1. The lowest BCUT2D eigenvalue weighted by Gasteiger charge is -2.10. The Hall–Kier alpha value is -2.15. The summed E-state index contributed by atoms with van der Waals surface area (Å²) < 4.78 is 0. The van der Waals surface area contributed by atoms with E-state index in [0.717, 1.165) is 12.0 Å². The van der Waals surface area contributed by atoms with E-state index in [0.29, 0.717) is 12.3 Å². The molecule has 0 fully saturated rings. The van der Waals surface area contributed by atoms with Crippen LogP contribution in [0.1, 0.15) is 42.4 Å². The highest BCUT2D eigenvalue weighted by atomic mass is 16.1. The Morgan fingerprint density at radius 2 is 1.71 bits per heavy atom. The molecule has 0 aliphatic rings. The van der Waals surface area contributed by atoms with Crippen LogP contribution in [0.5, 0.6) is 0 Å². The lowest BCUT2D eigenvalue weighted by atomic mass is 9.94. The first kappa shape index (κ1) is 15.2. The van der Waals surface area contributed by atoms with Crippen LogP contribution in [0.15, 0.2) is 60.7 Å². The van der Waals surface area contributed by atoms with Gasteiger partial charge in [-0.25, -0.2) is 0 Å². The highest BCUT2D eigenvalue weighted by Crippen LogP contribution is 2.21. The quantitative estimate of drug-likeness (QED) is 0.667. The summed E-state index contributed by atoms with van der Waals surface area (Å²) >= 11 is 0. The van der Waals surface area contributed by atoms with Crippen molar-refractivity contribution in [1.29, 1.82) is 0 Å². The van der Waals surface area contributed by atoms with Crippen molar-refractivity contribution < 1.29 is 4.79 Å². The highest BCUT2D eigenvalue weighted by Gasteiger charge is 2.07. The van der Waals surface area contributed by atoms with Gasteiger partial charge in [-0.05, 0) is 36.5 Å². The predicted octanol–water partition coefficient (Wildman–Crippen LogP) is 5.16. The second-order valence-corrected chi connectivity index (χ2v) is 5.56. The van der Waals surface area contributed by atoms with Crippen molar-refractivity contribution in [2.45, 2.75) is 32.6 Å². The SMILES string of the molecule is Cc1ccc([C@H](C)CCC(=O)C=Cc2ccccc2)cc1. The van der Waals surface area contributed by atoms with E-state index in [9.17, 15) is 4.79 Å². The number of carbonyl (C=O) groups is 1. The van der Waals surface area contributed by atoms with Gasteiger partial charge in [0.15, 0.2) is 5.78 Å². The molecule has 0 aromatic heterocycles. The van der Waals surface area contributed by atoms with Crippen LogP contribution < -0.4 is 0 Å². The maximum absolute atomic E-state index is 11.9. The van der Waals surface area contributed by atoms with Crippen molar-refractivity contribution in [1.82, 2.24) is 0 Å². The van der Waals surface area contributed by atoms with Gasteiger partial charge in [0.05, 0.1) is 0 Å². The Morgan fingerprint density at radius 3 is 2.38 bits per heavy atom. The lowest BCUT2D eigenvalue weighted by molar-refractivity contribution is -0.114. The van der Waals surface area contributed by atoms with E-state index in [-0.39, 0.29) is 5.78 Å². The van der Waals surface area contributed by atoms with Crippen LogP contribution in [0.2, 0.25) is 0 Å². The van der Waals surface area contributed by atoms with Gasteiger partial charge in [0.2, 0.25) is 0 Å². The number of allylic oxidation sites excluding steroid dienone is 1.